The zero-order valence-electron chi connectivity index (χ0n) is 23.0. The molecular weight excluding hydrogens is 536 g/mol. The van der Waals surface area contributed by atoms with Crippen molar-refractivity contribution in [2.24, 2.45) is 11.3 Å². The van der Waals surface area contributed by atoms with E-state index in [2.05, 4.69) is 10.6 Å². The summed E-state index contributed by atoms with van der Waals surface area (Å²) in [5.41, 5.74) is 4.31. The molecule has 2 saturated carbocycles. The molecule has 6 rings (SSSR count). The first-order valence-corrected chi connectivity index (χ1v) is 14.2. The van der Waals surface area contributed by atoms with Crippen molar-refractivity contribution in [2.75, 3.05) is 6.61 Å². The van der Waals surface area contributed by atoms with Crippen molar-refractivity contribution in [3.05, 3.63) is 95.6 Å². The van der Waals surface area contributed by atoms with Crippen LogP contribution in [0.3, 0.4) is 0 Å². The van der Waals surface area contributed by atoms with Crippen molar-refractivity contribution in [1.82, 2.24) is 10.6 Å². The monoisotopic (exact) mass is 568 g/mol. The highest BCUT2D eigenvalue weighted by Crippen LogP contribution is 2.63. The van der Waals surface area contributed by atoms with Crippen LogP contribution in [0.2, 0.25) is 0 Å². The van der Waals surface area contributed by atoms with Gasteiger partial charge in [0.2, 0.25) is 5.91 Å². The molecule has 0 spiro atoms. The number of fused-ring (bicyclic) bond motifs is 4. The van der Waals surface area contributed by atoms with Gasteiger partial charge in [-0.25, -0.2) is 4.79 Å². The number of rotatable bonds is 10. The van der Waals surface area contributed by atoms with Crippen molar-refractivity contribution in [3.63, 3.8) is 0 Å². The van der Waals surface area contributed by atoms with Crippen molar-refractivity contribution in [2.45, 2.75) is 50.3 Å². The van der Waals surface area contributed by atoms with Gasteiger partial charge in [0.15, 0.2) is 0 Å². The summed E-state index contributed by atoms with van der Waals surface area (Å²) >= 11 is 0. The van der Waals surface area contributed by atoms with Gasteiger partial charge in [-0.15, -0.1) is 0 Å². The van der Waals surface area contributed by atoms with Crippen LogP contribution >= 0.6 is 0 Å². The lowest BCUT2D eigenvalue weighted by atomic mass is 9.98. The third-order valence-corrected chi connectivity index (χ3v) is 8.75. The van der Waals surface area contributed by atoms with Gasteiger partial charge in [-0.05, 0) is 53.0 Å². The van der Waals surface area contributed by atoms with Gasteiger partial charge in [-0.1, -0.05) is 78.9 Å². The number of carbonyl (C=O) groups is 4. The summed E-state index contributed by atoms with van der Waals surface area (Å²) in [6.45, 7) is 0.0858. The molecule has 0 aromatic heterocycles. The molecule has 2 amide bonds. The molecule has 3 aromatic rings. The Balaban J connectivity index is 1.10. The van der Waals surface area contributed by atoms with E-state index >= 15 is 0 Å². The quantitative estimate of drug-likeness (QED) is 0.309. The molecule has 42 heavy (non-hydrogen) atoms. The molecule has 0 unspecified atom stereocenters. The number of carbonyl (C=O) groups excluding carboxylic acids is 3. The Morgan fingerprint density at radius 3 is 2.14 bits per heavy atom. The van der Waals surface area contributed by atoms with Crippen molar-refractivity contribution in [1.29, 1.82) is 0 Å². The van der Waals surface area contributed by atoms with Gasteiger partial charge in [0.05, 0.1) is 11.8 Å². The number of ether oxygens (including phenoxy) is 2. The molecule has 2 fully saturated rings. The minimum Gasteiger partial charge on any atom is -0.481 e. The predicted molar refractivity (Wildman–Crippen MR) is 152 cm³/mol. The van der Waals surface area contributed by atoms with Crippen LogP contribution in [0.1, 0.15) is 48.3 Å². The Morgan fingerprint density at radius 2 is 1.50 bits per heavy atom. The third-order valence-electron chi connectivity index (χ3n) is 8.75. The fraction of sp³-hybridized carbons (Fsp3) is 0.333. The molecule has 3 aliphatic carbocycles. The van der Waals surface area contributed by atoms with Gasteiger partial charge in [-0.3, -0.25) is 14.4 Å². The maximum atomic E-state index is 13.3. The van der Waals surface area contributed by atoms with Crippen molar-refractivity contribution >= 4 is 23.9 Å². The standard InChI is InChI=1S/C33H32N2O7/c36-29(41-18-20-8-2-1-3-9-20)15-28(30(37)34-22-14-21-16-33(21,17-22)31(38)39)35-32(40)42-19-27-25-12-6-4-10-23(25)24-11-5-7-13-26(24)27/h1-13,21-22,27-28H,14-19H2,(H,34,37)(H,35,40)(H,38,39)/t21-,22+,28-,33+/m0/s1. The van der Waals surface area contributed by atoms with Crippen LogP contribution in [0.15, 0.2) is 78.9 Å². The highest BCUT2D eigenvalue weighted by Gasteiger charge is 2.65. The summed E-state index contributed by atoms with van der Waals surface area (Å²) in [4.78, 5) is 50.7. The number of aliphatic carboxylic acids is 1. The van der Waals surface area contributed by atoms with Gasteiger partial charge in [0.1, 0.15) is 19.3 Å². The molecule has 0 bridgehead atoms. The van der Waals surface area contributed by atoms with Crippen LogP contribution < -0.4 is 10.6 Å². The van der Waals surface area contributed by atoms with Crippen LogP contribution in [-0.2, 0) is 30.5 Å². The molecule has 4 atom stereocenters. The van der Waals surface area contributed by atoms with Gasteiger partial charge in [0, 0.05) is 12.0 Å². The lowest BCUT2D eigenvalue weighted by Crippen LogP contribution is -2.50. The smallest absolute Gasteiger partial charge is 0.407 e. The van der Waals surface area contributed by atoms with E-state index in [0.29, 0.717) is 19.3 Å². The molecule has 0 aliphatic heterocycles. The summed E-state index contributed by atoms with van der Waals surface area (Å²) in [6.07, 6.45) is 0.262. The highest BCUT2D eigenvalue weighted by atomic mass is 16.5. The number of carboxylic acids is 1. The second kappa shape index (κ2) is 11.3. The Hall–Kier alpha value is -4.66. The second-order valence-corrected chi connectivity index (χ2v) is 11.4. The lowest BCUT2D eigenvalue weighted by molar-refractivity contribution is -0.147. The van der Waals surface area contributed by atoms with Crippen LogP contribution in [0.25, 0.3) is 11.1 Å². The molecule has 9 heteroatoms. The molecule has 3 aliphatic rings. The van der Waals surface area contributed by atoms with E-state index in [9.17, 15) is 24.3 Å². The van der Waals surface area contributed by atoms with Crippen LogP contribution in [0.5, 0.6) is 0 Å². The van der Waals surface area contributed by atoms with E-state index in [1.54, 1.807) is 0 Å². The van der Waals surface area contributed by atoms with Gasteiger partial charge >= 0.3 is 18.0 Å². The topological polar surface area (TPSA) is 131 Å². The number of amides is 2. The zero-order chi connectivity index (χ0) is 29.3. The van der Waals surface area contributed by atoms with E-state index < -0.39 is 41.8 Å². The zero-order valence-corrected chi connectivity index (χ0v) is 23.0. The average Bonchev–Trinajstić information content (AvgIpc) is 3.43. The average molecular weight is 569 g/mol. The second-order valence-electron chi connectivity index (χ2n) is 11.4. The Bertz CT molecular complexity index is 1480. The van der Waals surface area contributed by atoms with E-state index in [4.69, 9.17) is 9.47 Å². The minimum absolute atomic E-state index is 0.0321. The van der Waals surface area contributed by atoms with Gasteiger partial charge < -0.3 is 25.2 Å². The summed E-state index contributed by atoms with van der Waals surface area (Å²) < 4.78 is 11.0. The predicted octanol–water partition coefficient (Wildman–Crippen LogP) is 4.40. The molecule has 3 aromatic carbocycles. The fourth-order valence-electron chi connectivity index (χ4n) is 6.52. The first-order chi connectivity index (χ1) is 20.3. The molecule has 3 N–H and O–H groups in total. The number of esters is 1. The van der Waals surface area contributed by atoms with E-state index in [0.717, 1.165) is 27.8 Å². The minimum atomic E-state index is -1.25. The molecule has 0 radical (unpaired) electrons. The van der Waals surface area contributed by atoms with Crippen molar-refractivity contribution < 1.29 is 33.8 Å². The molecule has 0 heterocycles. The van der Waals surface area contributed by atoms with E-state index in [1.165, 1.54) is 0 Å². The molecule has 9 nitrogen and oxygen atoms in total. The SMILES string of the molecule is O=C(C[C@H](NC(=O)OCC1c2ccccc2-c2ccccc21)C(=O)N[C@@H]1C[C@H]2C[C@@]2(C(=O)O)C1)OCc1ccccc1. The van der Waals surface area contributed by atoms with Crippen molar-refractivity contribution in [3.8, 4) is 11.1 Å². The Morgan fingerprint density at radius 1 is 0.857 bits per heavy atom. The highest BCUT2D eigenvalue weighted by molar-refractivity contribution is 5.90. The number of hydrogen-bond acceptors (Lipinski definition) is 6. The number of hydrogen-bond donors (Lipinski definition) is 3. The largest absolute Gasteiger partial charge is 0.481 e. The van der Waals surface area contributed by atoms with Crippen LogP contribution in [-0.4, -0.2) is 47.7 Å². The van der Waals surface area contributed by atoms with Gasteiger partial charge in [0.25, 0.3) is 0 Å². The Kier molecular flexibility index (Phi) is 7.41. The molecule has 216 valence electrons. The number of alkyl carbamates (subject to hydrolysis) is 1. The first-order valence-electron chi connectivity index (χ1n) is 14.2. The summed E-state index contributed by atoms with van der Waals surface area (Å²) in [7, 11) is 0. The lowest BCUT2D eigenvalue weighted by Gasteiger charge is -2.22. The van der Waals surface area contributed by atoms with E-state index in [1.807, 2.05) is 78.9 Å². The summed E-state index contributed by atoms with van der Waals surface area (Å²) in [5.74, 6) is -2.21. The van der Waals surface area contributed by atoms with Crippen LogP contribution in [0, 0.1) is 11.3 Å². The van der Waals surface area contributed by atoms with E-state index in [-0.39, 0.29) is 31.1 Å². The maximum Gasteiger partial charge on any atom is 0.407 e. The first kappa shape index (κ1) is 27.5. The fourth-order valence-corrected chi connectivity index (χ4v) is 6.52. The Labute approximate surface area is 243 Å². The van der Waals surface area contributed by atoms with Gasteiger partial charge in [-0.2, -0.15) is 0 Å². The third kappa shape index (κ3) is 5.46. The number of nitrogens with one attached hydrogen (secondary N) is 2. The summed E-state index contributed by atoms with van der Waals surface area (Å²) in [6, 6.07) is 23.5. The van der Waals surface area contributed by atoms with Crippen LogP contribution in [0.4, 0.5) is 4.79 Å². The summed E-state index contributed by atoms with van der Waals surface area (Å²) in [5, 5.41) is 15.0. The number of carboxylic acid groups (broad SMARTS) is 1. The molecular formula is C33H32N2O7. The maximum absolute atomic E-state index is 13.3. The normalized spacial score (nSPS) is 22.2. The molecule has 0 saturated heterocycles. The number of benzene rings is 3.